The number of halogens is 1. The van der Waals surface area contributed by atoms with Crippen molar-refractivity contribution in [3.63, 3.8) is 0 Å². The number of hydrogen-bond donors (Lipinski definition) is 1. The van der Waals surface area contributed by atoms with Gasteiger partial charge in [-0.2, -0.15) is 0 Å². The molecule has 0 aliphatic carbocycles. The summed E-state index contributed by atoms with van der Waals surface area (Å²) in [6, 6.07) is 21.9. The second kappa shape index (κ2) is 9.74. The minimum Gasteiger partial charge on any atom is -0.378 e. The summed E-state index contributed by atoms with van der Waals surface area (Å²) in [6.07, 6.45) is 3.99. The average Bonchev–Trinajstić information content (AvgIpc) is 3.71. The second-order valence-corrected chi connectivity index (χ2v) is 14.0. The maximum absolute atomic E-state index is 13.4. The van der Waals surface area contributed by atoms with Crippen LogP contribution in [0.4, 0.5) is 16.2 Å². The highest BCUT2D eigenvalue weighted by molar-refractivity contribution is 9.04. The Morgan fingerprint density at radius 3 is 2.59 bits per heavy atom. The Hall–Kier alpha value is -2.94. The van der Waals surface area contributed by atoms with Crippen molar-refractivity contribution in [2.24, 2.45) is 0 Å². The molecule has 2 aromatic heterocycles. The Morgan fingerprint density at radius 1 is 1.11 bits per heavy atom. The number of anilines is 2. The maximum Gasteiger partial charge on any atom is 0.321 e. The fourth-order valence-electron chi connectivity index (χ4n) is 5.09. The molecule has 2 aliphatic heterocycles. The number of amides is 2. The highest BCUT2D eigenvalue weighted by Crippen LogP contribution is 2.62. The largest absolute Gasteiger partial charge is 0.378 e. The third kappa shape index (κ3) is 4.51. The summed E-state index contributed by atoms with van der Waals surface area (Å²) < 4.78 is 4.26. The van der Waals surface area contributed by atoms with E-state index in [0.29, 0.717) is 11.6 Å². The molecule has 4 aromatic rings. The summed E-state index contributed by atoms with van der Waals surface area (Å²) in [5, 5.41) is 3.80. The monoisotopic (exact) mass is 549 g/mol. The number of aromatic nitrogens is 2. The molecule has 4 heterocycles. The second-order valence-electron chi connectivity index (χ2n) is 9.60. The maximum atomic E-state index is 13.4. The Labute approximate surface area is 228 Å². The number of carbonyl (C=O) groups is 1. The van der Waals surface area contributed by atoms with Gasteiger partial charge in [0.1, 0.15) is 5.82 Å². The van der Waals surface area contributed by atoms with Crippen molar-refractivity contribution in [1.29, 1.82) is 0 Å². The van der Waals surface area contributed by atoms with Crippen molar-refractivity contribution in [1.82, 2.24) is 14.3 Å². The van der Waals surface area contributed by atoms with E-state index in [0.717, 1.165) is 53.4 Å². The van der Waals surface area contributed by atoms with Crippen LogP contribution in [0.2, 0.25) is 5.02 Å². The minimum absolute atomic E-state index is 0.00997. The van der Waals surface area contributed by atoms with Crippen molar-refractivity contribution in [2.45, 2.75) is 17.6 Å². The summed E-state index contributed by atoms with van der Waals surface area (Å²) in [5.74, 6) is 1.01. The lowest BCUT2D eigenvalue weighted by atomic mass is 9.96. The lowest BCUT2D eigenvalue weighted by Crippen LogP contribution is -2.49. The van der Waals surface area contributed by atoms with Crippen LogP contribution in [0, 0.1) is 0 Å². The minimum atomic E-state index is -0.251. The molecule has 37 heavy (non-hydrogen) atoms. The summed E-state index contributed by atoms with van der Waals surface area (Å²) in [6.45, 7) is 1.35. The molecule has 2 aliphatic rings. The SMILES string of the molecule is CN(C)c1ccc(NC(=O)N2CCC[C@@](c3nc(-c4ccccc4Cl)c4ccccn34)(S3=CS3)C2)cc1. The van der Waals surface area contributed by atoms with E-state index in [4.69, 9.17) is 16.6 Å². The first-order chi connectivity index (χ1) is 18.0. The molecule has 2 aromatic carbocycles. The van der Waals surface area contributed by atoms with Crippen molar-refractivity contribution in [3.05, 3.63) is 83.8 Å². The first-order valence-corrected chi connectivity index (χ1v) is 15.3. The van der Waals surface area contributed by atoms with Crippen LogP contribution in [0.1, 0.15) is 18.7 Å². The number of hydrogen-bond acceptors (Lipinski definition) is 4. The Balaban J connectivity index is 1.35. The number of fused-ring (bicyclic) bond motifs is 1. The van der Waals surface area contributed by atoms with Gasteiger partial charge in [0.05, 0.1) is 21.0 Å². The summed E-state index contributed by atoms with van der Waals surface area (Å²) in [7, 11) is 5.87. The van der Waals surface area contributed by atoms with Gasteiger partial charge in [0.25, 0.3) is 0 Å². The molecule has 0 saturated carbocycles. The van der Waals surface area contributed by atoms with E-state index in [2.05, 4.69) is 26.7 Å². The van der Waals surface area contributed by atoms with E-state index in [1.54, 1.807) is 0 Å². The van der Waals surface area contributed by atoms with Gasteiger partial charge in [-0.1, -0.05) is 46.7 Å². The number of imidazole rings is 1. The number of likely N-dealkylation sites (tertiary alicyclic amines) is 1. The molecule has 1 unspecified atom stereocenters. The van der Waals surface area contributed by atoms with E-state index < -0.39 is 0 Å². The molecule has 1 N–H and O–H groups in total. The van der Waals surface area contributed by atoms with Crippen molar-refractivity contribution in [3.8, 4) is 11.3 Å². The zero-order valence-electron chi connectivity index (χ0n) is 20.7. The van der Waals surface area contributed by atoms with E-state index >= 15 is 0 Å². The Kier molecular flexibility index (Phi) is 6.42. The molecule has 1 fully saturated rings. The van der Waals surface area contributed by atoms with Crippen molar-refractivity contribution in [2.75, 3.05) is 37.4 Å². The van der Waals surface area contributed by atoms with Crippen LogP contribution < -0.4 is 10.2 Å². The van der Waals surface area contributed by atoms with Crippen molar-refractivity contribution < 1.29 is 4.79 Å². The van der Waals surface area contributed by atoms with Gasteiger partial charge < -0.3 is 19.5 Å². The molecule has 9 heteroatoms. The number of piperidine rings is 1. The third-order valence-corrected chi connectivity index (χ3v) is 11.2. The third-order valence-electron chi connectivity index (χ3n) is 7.04. The van der Waals surface area contributed by atoms with Crippen LogP contribution in [0.15, 0.2) is 72.9 Å². The summed E-state index contributed by atoms with van der Waals surface area (Å²) >= 11 is 6.61. The highest BCUT2D eigenvalue weighted by Gasteiger charge is 2.48. The van der Waals surface area contributed by atoms with Crippen LogP contribution in [-0.2, 0) is 4.75 Å². The lowest BCUT2D eigenvalue weighted by Gasteiger charge is -2.40. The van der Waals surface area contributed by atoms with Gasteiger partial charge in [0, 0.05) is 55.0 Å². The predicted molar refractivity (Wildman–Crippen MR) is 159 cm³/mol. The van der Waals surface area contributed by atoms with Gasteiger partial charge in [-0.3, -0.25) is 0 Å². The van der Waals surface area contributed by atoms with Gasteiger partial charge >= 0.3 is 6.03 Å². The summed E-state index contributed by atoms with van der Waals surface area (Å²) in [5.41, 5.74) is 4.74. The number of nitrogens with one attached hydrogen (secondary N) is 1. The first-order valence-electron chi connectivity index (χ1n) is 12.3. The topological polar surface area (TPSA) is 52.9 Å². The van der Waals surface area contributed by atoms with Crippen LogP contribution >= 0.6 is 31.9 Å². The number of carbonyl (C=O) groups excluding carboxylic acids is 1. The normalized spacial score (nSPS) is 20.9. The molecule has 0 radical (unpaired) electrons. The predicted octanol–water partition coefficient (Wildman–Crippen LogP) is 6.93. The number of urea groups is 1. The lowest BCUT2D eigenvalue weighted by molar-refractivity contribution is 0.185. The van der Waals surface area contributed by atoms with E-state index in [1.807, 2.05) is 95.4 Å². The Morgan fingerprint density at radius 2 is 1.86 bits per heavy atom. The van der Waals surface area contributed by atoms with Crippen LogP contribution in [0.5, 0.6) is 0 Å². The fourth-order valence-corrected chi connectivity index (χ4v) is 8.89. The van der Waals surface area contributed by atoms with Crippen LogP contribution in [0.3, 0.4) is 0 Å². The van der Waals surface area contributed by atoms with Crippen LogP contribution in [-0.4, -0.2) is 52.2 Å². The van der Waals surface area contributed by atoms with Crippen LogP contribution in [0.25, 0.3) is 16.8 Å². The fraction of sp³-hybridized carbons (Fsp3) is 0.250. The number of pyridine rings is 1. The molecule has 0 bridgehead atoms. The molecule has 6 rings (SSSR count). The van der Waals surface area contributed by atoms with E-state index in [9.17, 15) is 4.79 Å². The first kappa shape index (κ1) is 24.4. The van der Waals surface area contributed by atoms with Gasteiger partial charge in [-0.05, 0) is 55.3 Å². The summed E-state index contributed by atoms with van der Waals surface area (Å²) in [4.78, 5) is 22.7. The number of rotatable bonds is 5. The van der Waals surface area contributed by atoms with Gasteiger partial charge in [-0.25, -0.2) is 9.78 Å². The smallest absolute Gasteiger partial charge is 0.321 e. The molecule has 190 valence electrons. The quantitative estimate of drug-likeness (QED) is 0.216. The van der Waals surface area contributed by atoms with E-state index in [-0.39, 0.29) is 20.3 Å². The van der Waals surface area contributed by atoms with E-state index in [1.165, 1.54) is 0 Å². The highest BCUT2D eigenvalue weighted by atomic mass is 35.5. The average molecular weight is 550 g/mol. The Bertz CT molecular complexity index is 1520. The van der Waals surface area contributed by atoms with Gasteiger partial charge in [0.2, 0.25) is 0 Å². The number of nitrogens with zero attached hydrogens (tertiary/aromatic N) is 4. The molecule has 2 atom stereocenters. The molecular weight excluding hydrogens is 522 g/mol. The molecule has 6 nitrogen and oxygen atoms in total. The standard InChI is InChI=1S/C28H28ClN5OS2/c1-32(2)21-13-11-20(12-14-21)30-27(35)33-16-7-15-28(18-33,37-19-36-37)26-31-25(22-8-3-4-9-23(22)29)24-10-5-6-17-34(24)26/h3-6,8-14,17,19H,7,15-16,18H2,1-2H3,(H,30,35)/t28-,37?/m1/s1. The molecule has 0 spiro atoms. The molecule has 1 saturated heterocycles. The zero-order chi connectivity index (χ0) is 25.6. The van der Waals surface area contributed by atoms with Gasteiger partial charge in [-0.15, -0.1) is 9.52 Å². The molecular formula is C28H28ClN5OS2. The number of benzene rings is 2. The van der Waals surface area contributed by atoms with Crippen molar-refractivity contribution >= 4 is 59.5 Å². The van der Waals surface area contributed by atoms with Gasteiger partial charge in [0.15, 0.2) is 0 Å². The zero-order valence-corrected chi connectivity index (χ0v) is 23.1. The molecule has 2 amide bonds.